The summed E-state index contributed by atoms with van der Waals surface area (Å²) in [6, 6.07) is 10.7. The largest absolute Gasteiger partial charge is 0.492 e. The molecule has 2 rings (SSSR count). The summed E-state index contributed by atoms with van der Waals surface area (Å²) >= 11 is 17.9. The van der Waals surface area contributed by atoms with E-state index < -0.39 is 0 Å². The fourth-order valence-corrected chi connectivity index (χ4v) is 2.16. The van der Waals surface area contributed by atoms with Crippen molar-refractivity contribution >= 4 is 46.7 Å². The number of hydrogen-bond donors (Lipinski definition) is 1. The molecule has 0 aliphatic heterocycles. The monoisotopic (exact) mass is 342 g/mol. The Labute approximate surface area is 138 Å². The lowest BCUT2D eigenvalue weighted by atomic mass is 10.2. The number of benzene rings is 2. The summed E-state index contributed by atoms with van der Waals surface area (Å²) in [5.74, 6) is 0.661. The van der Waals surface area contributed by atoms with Crippen LogP contribution in [0.2, 0.25) is 15.1 Å². The third kappa shape index (κ3) is 4.53. The van der Waals surface area contributed by atoms with Crippen molar-refractivity contribution in [1.29, 1.82) is 0 Å². The van der Waals surface area contributed by atoms with Crippen molar-refractivity contribution in [3.05, 3.63) is 57.0 Å². The number of nitrogens with one attached hydrogen (secondary N) is 1. The highest BCUT2D eigenvalue weighted by Crippen LogP contribution is 2.26. The van der Waals surface area contributed by atoms with Gasteiger partial charge in [-0.25, -0.2) is 0 Å². The molecule has 110 valence electrons. The third-order valence-electron chi connectivity index (χ3n) is 2.58. The average Bonchev–Trinajstić information content (AvgIpc) is 2.46. The van der Waals surface area contributed by atoms with Gasteiger partial charge in [0.2, 0.25) is 0 Å². The van der Waals surface area contributed by atoms with Crippen LogP contribution in [0.5, 0.6) is 5.75 Å². The minimum absolute atomic E-state index is 0.473. The van der Waals surface area contributed by atoms with Crippen LogP contribution in [-0.2, 0) is 0 Å². The Morgan fingerprint density at radius 3 is 2.52 bits per heavy atom. The van der Waals surface area contributed by atoms with Crippen LogP contribution in [0.4, 0.5) is 5.69 Å². The van der Waals surface area contributed by atoms with Crippen LogP contribution in [0.3, 0.4) is 0 Å². The van der Waals surface area contributed by atoms with Crippen molar-refractivity contribution in [2.24, 2.45) is 5.10 Å². The summed E-state index contributed by atoms with van der Waals surface area (Å²) in [6.45, 7) is 2.49. The maximum Gasteiger partial charge on any atom is 0.137 e. The molecule has 0 spiro atoms. The molecule has 0 aliphatic rings. The van der Waals surface area contributed by atoms with E-state index in [-0.39, 0.29) is 0 Å². The number of halogens is 3. The molecule has 6 heteroatoms. The first-order chi connectivity index (χ1) is 10.1. The van der Waals surface area contributed by atoms with E-state index in [1.54, 1.807) is 30.5 Å². The highest BCUT2D eigenvalue weighted by molar-refractivity contribution is 6.42. The first-order valence-corrected chi connectivity index (χ1v) is 7.40. The molecule has 0 saturated heterocycles. The second-order valence-corrected chi connectivity index (χ2v) is 5.34. The zero-order valence-corrected chi connectivity index (χ0v) is 13.5. The summed E-state index contributed by atoms with van der Waals surface area (Å²) in [5, 5.41) is 5.65. The van der Waals surface area contributed by atoms with Gasteiger partial charge in [-0.1, -0.05) is 34.8 Å². The van der Waals surface area contributed by atoms with Gasteiger partial charge in [0, 0.05) is 0 Å². The van der Waals surface area contributed by atoms with Crippen LogP contribution in [0.25, 0.3) is 0 Å². The van der Waals surface area contributed by atoms with Gasteiger partial charge in [-0.3, -0.25) is 5.43 Å². The molecule has 0 fully saturated rings. The second-order valence-electron chi connectivity index (χ2n) is 4.12. The number of ether oxygens (including phenoxy) is 1. The van der Waals surface area contributed by atoms with Gasteiger partial charge in [0.05, 0.1) is 33.6 Å². The summed E-state index contributed by atoms with van der Waals surface area (Å²) in [4.78, 5) is 0. The lowest BCUT2D eigenvalue weighted by molar-refractivity contribution is 0.340. The summed E-state index contributed by atoms with van der Waals surface area (Å²) < 4.78 is 5.37. The number of hydrazone groups is 1. The molecule has 0 amide bonds. The molecule has 0 aromatic heterocycles. The molecular formula is C15H13Cl3N2O. The van der Waals surface area contributed by atoms with Crippen molar-refractivity contribution < 1.29 is 4.74 Å². The predicted octanol–water partition coefficient (Wildman–Crippen LogP) is 5.49. The molecule has 0 aliphatic carbocycles. The Balaban J connectivity index is 2.04. The summed E-state index contributed by atoms with van der Waals surface area (Å²) in [7, 11) is 0. The molecule has 0 bridgehead atoms. The van der Waals surface area contributed by atoms with E-state index in [0.717, 1.165) is 11.3 Å². The van der Waals surface area contributed by atoms with E-state index in [1.807, 2.05) is 19.1 Å². The van der Waals surface area contributed by atoms with Gasteiger partial charge in [-0.2, -0.15) is 5.10 Å². The lowest BCUT2D eigenvalue weighted by Crippen LogP contribution is -1.94. The van der Waals surface area contributed by atoms with Crippen molar-refractivity contribution in [3.8, 4) is 5.75 Å². The van der Waals surface area contributed by atoms with E-state index in [9.17, 15) is 0 Å². The first-order valence-electron chi connectivity index (χ1n) is 6.26. The molecule has 0 heterocycles. The van der Waals surface area contributed by atoms with Crippen LogP contribution in [-0.4, -0.2) is 12.8 Å². The lowest BCUT2D eigenvalue weighted by Gasteiger charge is -2.05. The number of anilines is 1. The highest BCUT2D eigenvalue weighted by Gasteiger charge is 2.01. The third-order valence-corrected chi connectivity index (χ3v) is 3.62. The summed E-state index contributed by atoms with van der Waals surface area (Å²) in [5.41, 5.74) is 4.48. The van der Waals surface area contributed by atoms with Gasteiger partial charge >= 0.3 is 0 Å². The quantitative estimate of drug-likeness (QED) is 0.575. The standard InChI is InChI=1S/C15H13Cl3N2O/c1-2-21-15-6-3-10(7-14(15)18)9-19-20-11-4-5-12(16)13(17)8-11/h3-9,20H,2H2,1H3. The Bertz CT molecular complexity index is 659. The van der Waals surface area contributed by atoms with Crippen molar-refractivity contribution in [1.82, 2.24) is 0 Å². The van der Waals surface area contributed by atoms with E-state index in [2.05, 4.69) is 10.5 Å². The minimum Gasteiger partial charge on any atom is -0.492 e. The van der Waals surface area contributed by atoms with E-state index in [0.29, 0.717) is 27.4 Å². The zero-order valence-electron chi connectivity index (χ0n) is 11.2. The van der Waals surface area contributed by atoms with Gasteiger partial charge in [0.15, 0.2) is 0 Å². The molecular weight excluding hydrogens is 331 g/mol. The molecule has 2 aromatic rings. The van der Waals surface area contributed by atoms with Crippen molar-refractivity contribution in [2.45, 2.75) is 6.92 Å². The topological polar surface area (TPSA) is 33.6 Å². The van der Waals surface area contributed by atoms with Gasteiger partial charge in [0.1, 0.15) is 5.75 Å². The Morgan fingerprint density at radius 2 is 1.86 bits per heavy atom. The van der Waals surface area contributed by atoms with Crippen LogP contribution in [0.15, 0.2) is 41.5 Å². The second kappa shape index (κ2) is 7.55. The average molecular weight is 344 g/mol. The normalized spacial score (nSPS) is 10.9. The number of hydrogen-bond acceptors (Lipinski definition) is 3. The van der Waals surface area contributed by atoms with Crippen LogP contribution < -0.4 is 10.2 Å². The predicted molar refractivity (Wildman–Crippen MR) is 90.3 cm³/mol. The van der Waals surface area contributed by atoms with Crippen molar-refractivity contribution in [3.63, 3.8) is 0 Å². The smallest absolute Gasteiger partial charge is 0.137 e. The minimum atomic E-state index is 0.473. The Kier molecular flexibility index (Phi) is 5.74. The molecule has 21 heavy (non-hydrogen) atoms. The zero-order chi connectivity index (χ0) is 15.2. The molecule has 3 nitrogen and oxygen atoms in total. The highest BCUT2D eigenvalue weighted by atomic mass is 35.5. The molecule has 0 radical (unpaired) electrons. The SMILES string of the molecule is CCOc1ccc(C=NNc2ccc(Cl)c(Cl)c2)cc1Cl. The Hall–Kier alpha value is -1.42. The van der Waals surface area contributed by atoms with E-state index in [1.165, 1.54) is 0 Å². The first kappa shape index (κ1) is 16.0. The van der Waals surface area contributed by atoms with Gasteiger partial charge < -0.3 is 4.74 Å². The number of rotatable bonds is 5. The van der Waals surface area contributed by atoms with Crippen molar-refractivity contribution in [2.75, 3.05) is 12.0 Å². The van der Waals surface area contributed by atoms with Gasteiger partial charge in [-0.05, 0) is 48.9 Å². The molecule has 2 aromatic carbocycles. The van der Waals surface area contributed by atoms with E-state index >= 15 is 0 Å². The van der Waals surface area contributed by atoms with Gasteiger partial charge in [0.25, 0.3) is 0 Å². The maximum atomic E-state index is 6.10. The van der Waals surface area contributed by atoms with Crippen LogP contribution >= 0.6 is 34.8 Å². The number of nitrogens with zero attached hydrogens (tertiary/aromatic N) is 1. The van der Waals surface area contributed by atoms with Gasteiger partial charge in [-0.15, -0.1) is 0 Å². The molecule has 0 unspecified atom stereocenters. The van der Waals surface area contributed by atoms with Crippen LogP contribution in [0, 0.1) is 0 Å². The van der Waals surface area contributed by atoms with E-state index in [4.69, 9.17) is 39.5 Å². The molecule has 0 saturated carbocycles. The van der Waals surface area contributed by atoms with Crippen LogP contribution in [0.1, 0.15) is 12.5 Å². The fraction of sp³-hybridized carbons (Fsp3) is 0.133. The molecule has 0 atom stereocenters. The molecule has 1 N–H and O–H groups in total. The fourth-order valence-electron chi connectivity index (χ4n) is 1.62. The maximum absolute atomic E-state index is 6.10. The summed E-state index contributed by atoms with van der Waals surface area (Å²) in [6.07, 6.45) is 1.66. The Morgan fingerprint density at radius 1 is 1.05 bits per heavy atom.